The third-order valence-corrected chi connectivity index (χ3v) is 10.7. The van der Waals surface area contributed by atoms with Gasteiger partial charge in [-0.2, -0.15) is 4.98 Å². The Labute approximate surface area is 189 Å². The number of carbonyl (C=O) groups is 1. The van der Waals surface area contributed by atoms with Gasteiger partial charge in [0.2, 0.25) is 5.89 Å². The van der Waals surface area contributed by atoms with Crippen LogP contribution in [0.1, 0.15) is 78.4 Å². The molecule has 5 rings (SSSR count). The van der Waals surface area contributed by atoms with E-state index >= 15 is 0 Å². The minimum Gasteiger partial charge on any atom is -0.459 e. The zero-order valence-corrected chi connectivity index (χ0v) is 20.7. The molecule has 0 N–H and O–H groups in total. The zero-order valence-electron chi connectivity index (χ0n) is 19.8. The lowest BCUT2D eigenvalue weighted by Crippen LogP contribution is -2.69. The first-order valence-corrected chi connectivity index (χ1v) is 13.6. The van der Waals surface area contributed by atoms with Crippen molar-refractivity contribution in [1.82, 2.24) is 10.1 Å². The van der Waals surface area contributed by atoms with Gasteiger partial charge in [0, 0.05) is 5.41 Å². The average molecular weight is 467 g/mol. The Balaban J connectivity index is 1.41. The SMILES string of the molecule is CCOP(=O)(OCC)C(Cc1nc(C23CC4CC5CC(C2)C53C4)no1)C(=O)OC(C)(C)C. The molecule has 4 fully saturated rings. The van der Waals surface area contributed by atoms with E-state index in [1.807, 2.05) is 0 Å². The molecule has 0 saturated heterocycles. The fourth-order valence-electron chi connectivity index (χ4n) is 7.54. The standard InChI is InChI=1S/C23H35N2O6P/c1-6-28-32(27,29-7-2)17(19(26)30-21(3,4)5)10-18-24-20(25-31-18)22-11-14-8-15-9-16(13-22)23(15,22)12-14/h14-17H,6-13H2,1-5H3. The molecule has 8 nitrogen and oxygen atoms in total. The van der Waals surface area contributed by atoms with E-state index < -0.39 is 24.8 Å². The van der Waals surface area contributed by atoms with Crippen LogP contribution >= 0.6 is 7.60 Å². The second-order valence-electron chi connectivity index (χ2n) is 11.1. The molecule has 1 spiro atoms. The van der Waals surface area contributed by atoms with Crippen LogP contribution < -0.4 is 0 Å². The molecule has 0 aromatic carbocycles. The molecule has 6 atom stereocenters. The summed E-state index contributed by atoms with van der Waals surface area (Å²) in [4.78, 5) is 17.8. The number of carbonyl (C=O) groups excluding carboxylic acids is 1. The smallest absolute Gasteiger partial charge is 0.345 e. The van der Waals surface area contributed by atoms with Crippen molar-refractivity contribution < 1.29 is 27.7 Å². The van der Waals surface area contributed by atoms with Crippen LogP contribution in [0.4, 0.5) is 0 Å². The highest BCUT2D eigenvalue weighted by Crippen LogP contribution is 2.86. The van der Waals surface area contributed by atoms with E-state index in [4.69, 9.17) is 23.3 Å². The third-order valence-electron chi connectivity index (χ3n) is 8.34. The summed E-state index contributed by atoms with van der Waals surface area (Å²) in [5, 5.41) is 4.39. The molecular weight excluding hydrogens is 431 g/mol. The van der Waals surface area contributed by atoms with Crippen LogP contribution in [0.25, 0.3) is 0 Å². The van der Waals surface area contributed by atoms with Crippen molar-refractivity contribution >= 4 is 13.6 Å². The largest absolute Gasteiger partial charge is 0.459 e. The molecular formula is C23H35N2O6P. The van der Waals surface area contributed by atoms with Crippen LogP contribution in [0.15, 0.2) is 4.52 Å². The minimum atomic E-state index is -3.79. The Hall–Kier alpha value is -1.24. The summed E-state index contributed by atoms with van der Waals surface area (Å²) in [6, 6.07) is 0. The third kappa shape index (κ3) is 3.08. The first-order valence-electron chi connectivity index (χ1n) is 12.0. The van der Waals surface area contributed by atoms with E-state index in [-0.39, 0.29) is 25.0 Å². The highest BCUT2D eigenvalue weighted by Gasteiger charge is 2.82. The van der Waals surface area contributed by atoms with Gasteiger partial charge in [0.05, 0.1) is 19.6 Å². The highest BCUT2D eigenvalue weighted by atomic mass is 31.2. The maximum absolute atomic E-state index is 13.6. The fraction of sp³-hybridized carbons (Fsp3) is 0.870. The molecule has 0 aliphatic heterocycles. The van der Waals surface area contributed by atoms with Gasteiger partial charge in [0.1, 0.15) is 5.60 Å². The van der Waals surface area contributed by atoms with Crippen molar-refractivity contribution in [2.24, 2.45) is 23.2 Å². The summed E-state index contributed by atoms with van der Waals surface area (Å²) < 4.78 is 35.7. The predicted molar refractivity (Wildman–Crippen MR) is 116 cm³/mol. The first kappa shape index (κ1) is 22.5. The van der Waals surface area contributed by atoms with E-state index in [0.717, 1.165) is 36.4 Å². The lowest BCUT2D eigenvalue weighted by Gasteiger charge is -2.71. The maximum atomic E-state index is 13.6. The lowest BCUT2D eigenvalue weighted by atomic mass is 9.32. The number of fused-ring (bicyclic) bond motifs is 1. The fourth-order valence-corrected chi connectivity index (χ4v) is 9.39. The molecule has 32 heavy (non-hydrogen) atoms. The molecule has 0 radical (unpaired) electrons. The number of esters is 1. The monoisotopic (exact) mass is 466 g/mol. The van der Waals surface area contributed by atoms with E-state index in [1.54, 1.807) is 34.6 Å². The van der Waals surface area contributed by atoms with Gasteiger partial charge < -0.3 is 18.3 Å². The quantitative estimate of drug-likeness (QED) is 0.382. The van der Waals surface area contributed by atoms with Gasteiger partial charge in [-0.1, -0.05) is 5.16 Å². The van der Waals surface area contributed by atoms with Gasteiger partial charge in [0.15, 0.2) is 11.5 Å². The van der Waals surface area contributed by atoms with Crippen LogP contribution in [0, 0.1) is 23.2 Å². The van der Waals surface area contributed by atoms with Crippen molar-refractivity contribution in [3.8, 4) is 0 Å². The number of aromatic nitrogens is 2. The number of rotatable bonds is 9. The maximum Gasteiger partial charge on any atom is 0.345 e. The first-order chi connectivity index (χ1) is 15.1. The van der Waals surface area contributed by atoms with Gasteiger partial charge >= 0.3 is 13.6 Å². The summed E-state index contributed by atoms with van der Waals surface area (Å²) in [6.45, 7) is 9.07. The molecule has 2 bridgehead atoms. The summed E-state index contributed by atoms with van der Waals surface area (Å²) >= 11 is 0. The van der Waals surface area contributed by atoms with Crippen LogP contribution in [0.2, 0.25) is 0 Å². The highest BCUT2D eigenvalue weighted by molar-refractivity contribution is 7.55. The van der Waals surface area contributed by atoms with Crippen LogP contribution in [-0.4, -0.2) is 40.6 Å². The van der Waals surface area contributed by atoms with Crippen molar-refractivity contribution in [3.63, 3.8) is 0 Å². The number of hydrogen-bond acceptors (Lipinski definition) is 8. The van der Waals surface area contributed by atoms with E-state index in [9.17, 15) is 9.36 Å². The van der Waals surface area contributed by atoms with Crippen molar-refractivity contribution in [2.45, 2.75) is 89.8 Å². The summed E-state index contributed by atoms with van der Waals surface area (Å²) in [5.41, 5.74) is -1.47. The molecule has 1 aromatic heterocycles. The van der Waals surface area contributed by atoms with Gasteiger partial charge in [-0.15, -0.1) is 0 Å². The second-order valence-corrected chi connectivity index (χ2v) is 13.3. The topological polar surface area (TPSA) is 101 Å². The van der Waals surface area contributed by atoms with Crippen LogP contribution in [0.3, 0.4) is 0 Å². The Bertz CT molecular complexity index is 947. The number of hydrogen-bond donors (Lipinski definition) is 0. The Morgan fingerprint density at radius 1 is 1.16 bits per heavy atom. The molecule has 4 aliphatic rings. The summed E-state index contributed by atoms with van der Waals surface area (Å²) in [6.07, 6.45) is 6.27. The van der Waals surface area contributed by atoms with Crippen molar-refractivity contribution in [3.05, 3.63) is 11.7 Å². The van der Waals surface area contributed by atoms with Gasteiger partial charge in [-0.25, -0.2) is 0 Å². The molecule has 4 aliphatic carbocycles. The molecule has 178 valence electrons. The van der Waals surface area contributed by atoms with Crippen molar-refractivity contribution in [2.75, 3.05) is 13.2 Å². The lowest BCUT2D eigenvalue weighted by molar-refractivity contribution is -0.202. The molecule has 1 heterocycles. The predicted octanol–water partition coefficient (Wildman–Crippen LogP) is 4.67. The molecule has 1 aromatic rings. The van der Waals surface area contributed by atoms with E-state index in [1.165, 1.54) is 19.3 Å². The molecule has 6 unspecified atom stereocenters. The number of nitrogens with zero attached hydrogens (tertiary/aromatic N) is 2. The number of ether oxygens (including phenoxy) is 1. The summed E-state index contributed by atoms with van der Waals surface area (Å²) in [7, 11) is -3.79. The van der Waals surface area contributed by atoms with Gasteiger partial charge in [-0.05, 0) is 89.9 Å². The Kier molecular flexibility index (Phi) is 5.20. The Morgan fingerprint density at radius 2 is 1.88 bits per heavy atom. The molecule has 0 amide bonds. The minimum absolute atomic E-state index is 0.0292. The zero-order chi connectivity index (χ0) is 22.9. The normalized spacial score (nSPS) is 35.7. The van der Waals surface area contributed by atoms with Crippen LogP contribution in [0.5, 0.6) is 0 Å². The summed E-state index contributed by atoms with van der Waals surface area (Å²) in [5.74, 6) is 2.84. The average Bonchev–Trinajstić information content (AvgIpc) is 3.33. The van der Waals surface area contributed by atoms with Crippen molar-refractivity contribution in [1.29, 1.82) is 0 Å². The molecule has 9 heteroatoms. The molecule has 4 saturated carbocycles. The van der Waals surface area contributed by atoms with Crippen LogP contribution in [-0.2, 0) is 35.0 Å². The van der Waals surface area contributed by atoms with E-state index in [2.05, 4.69) is 5.16 Å². The van der Waals surface area contributed by atoms with E-state index in [0.29, 0.717) is 11.3 Å². The van der Waals surface area contributed by atoms with Gasteiger partial charge in [-0.3, -0.25) is 9.36 Å². The Morgan fingerprint density at radius 3 is 2.47 bits per heavy atom. The second kappa shape index (κ2) is 7.38. The van der Waals surface area contributed by atoms with Gasteiger partial charge in [0.25, 0.3) is 0 Å².